The van der Waals surface area contributed by atoms with Gasteiger partial charge in [-0.15, -0.1) is 11.3 Å². The van der Waals surface area contributed by atoms with Crippen LogP contribution in [0.4, 0.5) is 11.4 Å². The summed E-state index contributed by atoms with van der Waals surface area (Å²) in [6, 6.07) is 7.88. The van der Waals surface area contributed by atoms with Crippen LogP contribution in [0.1, 0.15) is 26.5 Å². The standard InChI is InChI=1S/C17H16IN3OS/c1-8-7-11(18)4-5-12(8)21-16(22)15-14(19)13-9(2)6-10(3)20-17(13)23-15/h4-7H,19H2,1-3H3,(H,21,22). The lowest BCUT2D eigenvalue weighted by molar-refractivity contribution is 0.103. The Morgan fingerprint density at radius 1 is 1.22 bits per heavy atom. The number of rotatable bonds is 2. The van der Waals surface area contributed by atoms with E-state index in [1.807, 2.05) is 45.0 Å². The summed E-state index contributed by atoms with van der Waals surface area (Å²) in [6.45, 7) is 5.91. The number of carbonyl (C=O) groups excluding carboxylic acids is 1. The van der Waals surface area contributed by atoms with Crippen LogP contribution in [0, 0.1) is 24.3 Å². The molecule has 23 heavy (non-hydrogen) atoms. The third-order valence-corrected chi connectivity index (χ3v) is 5.44. The summed E-state index contributed by atoms with van der Waals surface area (Å²) >= 11 is 3.59. The summed E-state index contributed by atoms with van der Waals surface area (Å²) in [7, 11) is 0. The smallest absolute Gasteiger partial charge is 0.267 e. The number of nitrogens with two attached hydrogens (primary N) is 1. The van der Waals surface area contributed by atoms with Gasteiger partial charge in [0.1, 0.15) is 9.71 Å². The molecule has 0 aliphatic heterocycles. The van der Waals surface area contributed by atoms with E-state index in [1.54, 1.807) is 0 Å². The number of benzene rings is 1. The van der Waals surface area contributed by atoms with Crippen LogP contribution in [-0.2, 0) is 0 Å². The first-order chi connectivity index (χ1) is 10.9. The number of nitrogens with zero attached hydrogens (tertiary/aromatic N) is 1. The van der Waals surface area contributed by atoms with Crippen LogP contribution >= 0.6 is 33.9 Å². The highest BCUT2D eigenvalue weighted by molar-refractivity contribution is 14.1. The van der Waals surface area contributed by atoms with Gasteiger partial charge >= 0.3 is 0 Å². The predicted octanol–water partition coefficient (Wildman–Crippen LogP) is 4.66. The summed E-state index contributed by atoms with van der Waals surface area (Å²) in [4.78, 5) is 18.4. The molecule has 3 aromatic rings. The monoisotopic (exact) mass is 437 g/mol. The van der Waals surface area contributed by atoms with E-state index in [1.165, 1.54) is 11.3 Å². The topological polar surface area (TPSA) is 68.0 Å². The molecule has 0 spiro atoms. The molecule has 0 radical (unpaired) electrons. The molecule has 0 bridgehead atoms. The van der Waals surface area contributed by atoms with Crippen molar-refractivity contribution in [1.29, 1.82) is 0 Å². The number of carbonyl (C=O) groups is 1. The number of nitrogens with one attached hydrogen (secondary N) is 1. The van der Waals surface area contributed by atoms with Gasteiger partial charge in [-0.1, -0.05) is 0 Å². The van der Waals surface area contributed by atoms with Crippen molar-refractivity contribution < 1.29 is 4.79 Å². The second-order valence-corrected chi connectivity index (χ2v) is 7.76. The van der Waals surface area contributed by atoms with Crippen LogP contribution in [0.25, 0.3) is 10.2 Å². The molecule has 1 aromatic carbocycles. The number of fused-ring (bicyclic) bond motifs is 1. The van der Waals surface area contributed by atoms with Gasteiger partial charge in [-0.25, -0.2) is 4.98 Å². The summed E-state index contributed by atoms with van der Waals surface area (Å²) in [5.41, 5.74) is 10.5. The van der Waals surface area contributed by atoms with Crippen molar-refractivity contribution in [3.63, 3.8) is 0 Å². The quantitative estimate of drug-likeness (QED) is 0.573. The van der Waals surface area contributed by atoms with E-state index in [9.17, 15) is 4.79 Å². The highest BCUT2D eigenvalue weighted by Crippen LogP contribution is 2.35. The van der Waals surface area contributed by atoms with Gasteiger partial charge in [-0.3, -0.25) is 4.79 Å². The molecule has 0 aliphatic rings. The number of amides is 1. The van der Waals surface area contributed by atoms with E-state index in [2.05, 4.69) is 32.9 Å². The molecule has 0 fully saturated rings. The molecule has 0 saturated carbocycles. The van der Waals surface area contributed by atoms with Crippen molar-refractivity contribution in [2.45, 2.75) is 20.8 Å². The van der Waals surface area contributed by atoms with Gasteiger partial charge in [0.15, 0.2) is 0 Å². The minimum Gasteiger partial charge on any atom is -0.397 e. The predicted molar refractivity (Wildman–Crippen MR) is 105 cm³/mol. The van der Waals surface area contributed by atoms with Crippen molar-refractivity contribution in [2.24, 2.45) is 0 Å². The second kappa shape index (κ2) is 6.09. The summed E-state index contributed by atoms with van der Waals surface area (Å²) in [6.07, 6.45) is 0. The van der Waals surface area contributed by atoms with E-state index in [4.69, 9.17) is 5.73 Å². The molecule has 2 aromatic heterocycles. The lowest BCUT2D eigenvalue weighted by atomic mass is 10.1. The van der Waals surface area contributed by atoms with Crippen molar-refractivity contribution in [3.05, 3.63) is 49.5 Å². The fourth-order valence-electron chi connectivity index (χ4n) is 2.58. The zero-order valence-corrected chi connectivity index (χ0v) is 16.0. The van der Waals surface area contributed by atoms with Gasteiger partial charge in [0.2, 0.25) is 0 Å². The first-order valence-corrected chi connectivity index (χ1v) is 9.00. The van der Waals surface area contributed by atoms with Gasteiger partial charge in [0, 0.05) is 20.3 Å². The lowest BCUT2D eigenvalue weighted by Gasteiger charge is -2.08. The minimum absolute atomic E-state index is 0.188. The number of aromatic nitrogens is 1. The molecule has 2 heterocycles. The van der Waals surface area contributed by atoms with Gasteiger partial charge in [-0.2, -0.15) is 0 Å². The molecule has 0 aliphatic carbocycles. The third kappa shape index (κ3) is 3.05. The Bertz CT molecular complexity index is 933. The second-order valence-electron chi connectivity index (χ2n) is 5.52. The average molecular weight is 437 g/mol. The molecule has 1 amide bonds. The molecule has 6 heteroatoms. The number of aryl methyl sites for hydroxylation is 3. The Morgan fingerprint density at radius 3 is 2.65 bits per heavy atom. The van der Waals surface area contributed by atoms with Gasteiger partial charge in [-0.05, 0) is 78.8 Å². The SMILES string of the molecule is Cc1cc(C)c2c(N)c(C(=O)Nc3ccc(I)cc3C)sc2n1. The van der Waals surface area contributed by atoms with E-state index in [0.29, 0.717) is 10.6 Å². The first kappa shape index (κ1) is 16.2. The van der Waals surface area contributed by atoms with Gasteiger partial charge < -0.3 is 11.1 Å². The highest BCUT2D eigenvalue weighted by atomic mass is 127. The Morgan fingerprint density at radius 2 is 1.96 bits per heavy atom. The first-order valence-electron chi connectivity index (χ1n) is 7.10. The van der Waals surface area contributed by atoms with Crippen molar-refractivity contribution in [1.82, 2.24) is 4.98 Å². The summed E-state index contributed by atoms with van der Waals surface area (Å²) in [5, 5.41) is 3.83. The number of hydrogen-bond donors (Lipinski definition) is 2. The number of pyridine rings is 1. The van der Waals surface area contributed by atoms with Crippen LogP contribution in [0.15, 0.2) is 24.3 Å². The minimum atomic E-state index is -0.188. The van der Waals surface area contributed by atoms with Crippen LogP contribution in [0.5, 0.6) is 0 Å². The Kier molecular flexibility index (Phi) is 4.29. The highest BCUT2D eigenvalue weighted by Gasteiger charge is 2.19. The number of thiophene rings is 1. The van der Waals surface area contributed by atoms with Crippen LogP contribution in [-0.4, -0.2) is 10.9 Å². The van der Waals surface area contributed by atoms with Gasteiger partial charge in [0.05, 0.1) is 5.69 Å². The van der Waals surface area contributed by atoms with Crippen LogP contribution < -0.4 is 11.1 Å². The number of hydrogen-bond acceptors (Lipinski definition) is 4. The number of halogens is 1. The average Bonchev–Trinajstić information content (AvgIpc) is 2.79. The van der Waals surface area contributed by atoms with Crippen LogP contribution in [0.3, 0.4) is 0 Å². The van der Waals surface area contributed by atoms with E-state index in [0.717, 1.165) is 36.3 Å². The van der Waals surface area contributed by atoms with E-state index < -0.39 is 0 Å². The normalized spacial score (nSPS) is 11.0. The van der Waals surface area contributed by atoms with Crippen molar-refractivity contribution >= 4 is 61.4 Å². The van der Waals surface area contributed by atoms with E-state index >= 15 is 0 Å². The molecule has 3 rings (SSSR count). The maximum Gasteiger partial charge on any atom is 0.267 e. The molecule has 3 N–H and O–H groups in total. The van der Waals surface area contributed by atoms with Crippen LogP contribution in [0.2, 0.25) is 0 Å². The molecule has 0 unspecified atom stereocenters. The molecular formula is C17H16IN3OS. The summed E-state index contributed by atoms with van der Waals surface area (Å²) < 4.78 is 1.13. The molecule has 0 atom stereocenters. The third-order valence-electron chi connectivity index (χ3n) is 3.67. The van der Waals surface area contributed by atoms with Gasteiger partial charge in [0.25, 0.3) is 5.91 Å². The largest absolute Gasteiger partial charge is 0.397 e. The molecule has 4 nitrogen and oxygen atoms in total. The molecule has 118 valence electrons. The van der Waals surface area contributed by atoms with Crippen molar-refractivity contribution in [3.8, 4) is 0 Å². The Labute approximate surface area is 152 Å². The maximum atomic E-state index is 12.6. The van der Waals surface area contributed by atoms with E-state index in [-0.39, 0.29) is 5.91 Å². The Hall–Kier alpha value is -1.67. The Balaban J connectivity index is 2.01. The summed E-state index contributed by atoms with van der Waals surface area (Å²) in [5.74, 6) is -0.188. The van der Waals surface area contributed by atoms with Crippen molar-refractivity contribution in [2.75, 3.05) is 11.1 Å². The lowest BCUT2D eigenvalue weighted by Crippen LogP contribution is -2.12. The number of anilines is 2. The number of nitrogen functional groups attached to an aromatic ring is 1. The fourth-order valence-corrected chi connectivity index (χ4v) is 4.34. The molecular weight excluding hydrogens is 421 g/mol. The zero-order valence-electron chi connectivity index (χ0n) is 13.0. The molecule has 0 saturated heterocycles. The fraction of sp³-hybridized carbons (Fsp3) is 0.176. The zero-order chi connectivity index (χ0) is 16.7. The maximum absolute atomic E-state index is 12.6.